The Bertz CT molecular complexity index is 1360. The number of aromatic nitrogens is 4. The first-order chi connectivity index (χ1) is 16.6. The number of carbonyl (C=O) groups is 1. The Hall–Kier alpha value is -3.85. The Balaban J connectivity index is 1.51. The fourth-order valence-corrected chi connectivity index (χ4v) is 4.30. The summed E-state index contributed by atoms with van der Waals surface area (Å²) in [6.07, 6.45) is 3.64. The zero-order valence-corrected chi connectivity index (χ0v) is 19.8. The van der Waals surface area contributed by atoms with Gasteiger partial charge >= 0.3 is 5.97 Å². The number of nitrogens with zero attached hydrogens (tertiary/aromatic N) is 4. The number of carbonyl (C=O) groups excluding carboxylic acids is 1. The lowest BCUT2D eigenvalue weighted by Gasteiger charge is -2.28. The highest BCUT2D eigenvalue weighted by atomic mass is 32.2. The van der Waals surface area contributed by atoms with Crippen LogP contribution in [0.3, 0.4) is 0 Å². The second kappa shape index (κ2) is 9.18. The lowest BCUT2D eigenvalue weighted by atomic mass is 9.95. The van der Waals surface area contributed by atoms with Gasteiger partial charge < -0.3 is 14.5 Å². The minimum atomic E-state index is -0.470. The number of nitrogens with one attached hydrogen (secondary N) is 1. The SMILES string of the molecule is CCOC(=O)C1=C(C)Nc2nc(SC)nn2[C@@H]1c1ccc(-c2ncc(-c3ccccc3)o2)cc1. The second-order valence-corrected chi connectivity index (χ2v) is 8.44. The molecule has 0 saturated heterocycles. The molecule has 1 aliphatic rings. The van der Waals surface area contributed by atoms with Gasteiger partial charge in [0.05, 0.1) is 18.4 Å². The van der Waals surface area contributed by atoms with Crippen LogP contribution in [0.15, 0.2) is 81.6 Å². The Kier molecular flexibility index (Phi) is 5.93. The van der Waals surface area contributed by atoms with Crippen LogP contribution >= 0.6 is 11.8 Å². The molecule has 0 amide bonds. The van der Waals surface area contributed by atoms with Gasteiger partial charge in [-0.1, -0.05) is 54.2 Å². The van der Waals surface area contributed by atoms with E-state index in [1.165, 1.54) is 11.8 Å². The average molecular weight is 474 g/mol. The summed E-state index contributed by atoms with van der Waals surface area (Å²) in [5.41, 5.74) is 3.88. The summed E-state index contributed by atoms with van der Waals surface area (Å²) in [7, 11) is 0. The van der Waals surface area contributed by atoms with E-state index in [1.807, 2.05) is 67.8 Å². The molecule has 3 heterocycles. The summed E-state index contributed by atoms with van der Waals surface area (Å²) in [4.78, 5) is 21.9. The van der Waals surface area contributed by atoms with Crippen molar-refractivity contribution < 1.29 is 13.9 Å². The number of allylic oxidation sites excluding steroid dienone is 1. The molecule has 0 bridgehead atoms. The Morgan fingerprint density at radius 2 is 1.91 bits per heavy atom. The molecule has 1 atom stereocenters. The van der Waals surface area contributed by atoms with Gasteiger partial charge in [0.1, 0.15) is 6.04 Å². The van der Waals surface area contributed by atoms with Crippen molar-refractivity contribution in [3.05, 3.63) is 77.6 Å². The van der Waals surface area contributed by atoms with Gasteiger partial charge in [-0.15, -0.1) is 5.10 Å². The van der Waals surface area contributed by atoms with E-state index in [9.17, 15) is 4.79 Å². The van der Waals surface area contributed by atoms with Gasteiger partial charge in [-0.25, -0.2) is 14.5 Å². The molecule has 0 fully saturated rings. The van der Waals surface area contributed by atoms with E-state index in [-0.39, 0.29) is 12.6 Å². The lowest BCUT2D eigenvalue weighted by Crippen LogP contribution is -2.29. The summed E-state index contributed by atoms with van der Waals surface area (Å²) in [5.74, 6) is 1.44. The maximum absolute atomic E-state index is 12.9. The number of hydrogen-bond acceptors (Lipinski definition) is 8. The molecule has 2 aromatic heterocycles. The van der Waals surface area contributed by atoms with Crippen molar-refractivity contribution in [2.45, 2.75) is 25.0 Å². The van der Waals surface area contributed by atoms with Crippen LogP contribution in [0.1, 0.15) is 25.5 Å². The highest BCUT2D eigenvalue weighted by Crippen LogP contribution is 2.37. The third-order valence-corrected chi connectivity index (χ3v) is 6.09. The van der Waals surface area contributed by atoms with Crippen molar-refractivity contribution in [1.29, 1.82) is 0 Å². The first-order valence-electron chi connectivity index (χ1n) is 10.9. The van der Waals surface area contributed by atoms with E-state index in [0.29, 0.717) is 34.0 Å². The molecule has 0 aliphatic carbocycles. The van der Waals surface area contributed by atoms with Crippen LogP contribution < -0.4 is 5.32 Å². The molecule has 172 valence electrons. The van der Waals surface area contributed by atoms with Gasteiger partial charge in [0.15, 0.2) is 5.76 Å². The highest BCUT2D eigenvalue weighted by Gasteiger charge is 2.35. The van der Waals surface area contributed by atoms with Crippen molar-refractivity contribution in [3.63, 3.8) is 0 Å². The molecule has 9 heteroatoms. The topological polar surface area (TPSA) is 95.1 Å². The molecule has 0 saturated carbocycles. The first kappa shape index (κ1) is 22.0. The second-order valence-electron chi connectivity index (χ2n) is 7.67. The van der Waals surface area contributed by atoms with Gasteiger partial charge in [0, 0.05) is 16.8 Å². The van der Waals surface area contributed by atoms with Crippen LogP contribution in [0, 0.1) is 0 Å². The average Bonchev–Trinajstić information content (AvgIpc) is 3.51. The molecule has 5 rings (SSSR count). The van der Waals surface area contributed by atoms with Crippen molar-refractivity contribution in [2.24, 2.45) is 0 Å². The van der Waals surface area contributed by atoms with Gasteiger partial charge in [0.25, 0.3) is 0 Å². The zero-order chi connectivity index (χ0) is 23.7. The zero-order valence-electron chi connectivity index (χ0n) is 19.0. The monoisotopic (exact) mass is 473 g/mol. The van der Waals surface area contributed by atoms with Crippen LogP contribution in [0.5, 0.6) is 0 Å². The largest absolute Gasteiger partial charge is 0.463 e. The molecular weight excluding hydrogens is 450 g/mol. The van der Waals surface area contributed by atoms with Gasteiger partial charge in [0.2, 0.25) is 17.0 Å². The van der Waals surface area contributed by atoms with E-state index >= 15 is 0 Å². The molecule has 1 N–H and O–H groups in total. The van der Waals surface area contributed by atoms with E-state index in [0.717, 1.165) is 16.7 Å². The van der Waals surface area contributed by atoms with Gasteiger partial charge in [-0.3, -0.25) is 0 Å². The van der Waals surface area contributed by atoms with Crippen LogP contribution in [0.4, 0.5) is 5.95 Å². The summed E-state index contributed by atoms with van der Waals surface area (Å²) in [5, 5.41) is 8.41. The Labute approximate surface area is 201 Å². The number of rotatable bonds is 6. The number of hydrogen-bond donors (Lipinski definition) is 1. The number of anilines is 1. The van der Waals surface area contributed by atoms with Crippen molar-refractivity contribution >= 4 is 23.7 Å². The van der Waals surface area contributed by atoms with E-state index in [2.05, 4.69) is 20.4 Å². The van der Waals surface area contributed by atoms with Crippen LogP contribution in [-0.2, 0) is 9.53 Å². The third kappa shape index (κ3) is 3.99. The summed E-state index contributed by atoms with van der Waals surface area (Å²) < 4.78 is 13.1. The number of benzene rings is 2. The molecule has 0 spiro atoms. The van der Waals surface area contributed by atoms with Crippen LogP contribution in [-0.4, -0.2) is 38.6 Å². The summed E-state index contributed by atoms with van der Waals surface area (Å²) >= 11 is 1.44. The molecule has 8 nitrogen and oxygen atoms in total. The van der Waals surface area contributed by atoms with E-state index in [1.54, 1.807) is 17.8 Å². The predicted octanol–water partition coefficient (Wildman–Crippen LogP) is 5.17. The number of oxazole rings is 1. The van der Waals surface area contributed by atoms with Crippen LogP contribution in [0.25, 0.3) is 22.8 Å². The number of ether oxygens (including phenoxy) is 1. The van der Waals surface area contributed by atoms with Crippen molar-refractivity contribution in [2.75, 3.05) is 18.2 Å². The Morgan fingerprint density at radius 1 is 1.15 bits per heavy atom. The molecule has 2 aromatic carbocycles. The quantitative estimate of drug-likeness (QED) is 0.303. The maximum Gasteiger partial charge on any atom is 0.338 e. The van der Waals surface area contributed by atoms with Crippen molar-refractivity contribution in [3.8, 4) is 22.8 Å². The third-order valence-electron chi connectivity index (χ3n) is 5.55. The fraction of sp³-hybridized carbons (Fsp3) is 0.200. The van der Waals surface area contributed by atoms with E-state index in [4.69, 9.17) is 9.15 Å². The van der Waals surface area contributed by atoms with E-state index < -0.39 is 6.04 Å². The summed E-state index contributed by atoms with van der Waals surface area (Å²) in [6.45, 7) is 3.93. The van der Waals surface area contributed by atoms with Crippen molar-refractivity contribution in [1.82, 2.24) is 19.7 Å². The normalized spacial score (nSPS) is 15.1. The van der Waals surface area contributed by atoms with Gasteiger partial charge in [-0.2, -0.15) is 4.98 Å². The minimum absolute atomic E-state index is 0.287. The summed E-state index contributed by atoms with van der Waals surface area (Å²) in [6, 6.07) is 17.1. The molecule has 0 radical (unpaired) electrons. The molecule has 1 aliphatic heterocycles. The molecule has 0 unspecified atom stereocenters. The maximum atomic E-state index is 12.9. The number of esters is 1. The Morgan fingerprint density at radius 3 is 2.62 bits per heavy atom. The molecule has 4 aromatic rings. The predicted molar refractivity (Wildman–Crippen MR) is 130 cm³/mol. The van der Waals surface area contributed by atoms with Gasteiger partial charge in [-0.05, 0) is 37.8 Å². The number of fused-ring (bicyclic) bond motifs is 1. The molecular formula is C25H23N5O3S. The highest BCUT2D eigenvalue weighted by molar-refractivity contribution is 7.98. The first-order valence-corrected chi connectivity index (χ1v) is 12.1. The fourth-order valence-electron chi connectivity index (χ4n) is 3.95. The smallest absolute Gasteiger partial charge is 0.338 e. The standard InChI is InChI=1S/C25H23N5O3S/c1-4-32-23(31)20-15(2)27-24-28-25(34-3)29-30(24)21(20)17-10-12-18(13-11-17)22-26-14-19(33-22)16-8-6-5-7-9-16/h5-14,21H,4H2,1-3H3,(H,27,28,29)/t21-/m1/s1. The lowest BCUT2D eigenvalue weighted by molar-refractivity contribution is -0.139. The minimum Gasteiger partial charge on any atom is -0.463 e. The number of thioether (sulfide) groups is 1. The molecule has 34 heavy (non-hydrogen) atoms. The van der Waals surface area contributed by atoms with Crippen LogP contribution in [0.2, 0.25) is 0 Å².